The summed E-state index contributed by atoms with van der Waals surface area (Å²) in [7, 11) is -0.610. The largest absolute Gasteiger partial charge is 0.279 e. The molecular weight excluding hydrogens is 442 g/mol. The lowest BCUT2D eigenvalue weighted by atomic mass is 10.1. The third kappa shape index (κ3) is 4.43. The van der Waals surface area contributed by atoms with E-state index >= 15 is 0 Å². The van der Waals surface area contributed by atoms with Crippen LogP contribution in [0.2, 0.25) is 0 Å². The molecule has 3 aromatic carbocycles. The van der Waals surface area contributed by atoms with Gasteiger partial charge in [-0.2, -0.15) is 0 Å². The Hall–Kier alpha value is -3.07. The van der Waals surface area contributed by atoms with Gasteiger partial charge in [0.2, 0.25) is 10.0 Å². The van der Waals surface area contributed by atoms with E-state index in [-0.39, 0.29) is 10.8 Å². The Morgan fingerprint density at radius 3 is 2.31 bits per heavy atom. The maximum Gasteiger partial charge on any atom is 0.260 e. The normalized spacial score (nSPS) is 11.8. The van der Waals surface area contributed by atoms with Gasteiger partial charge < -0.3 is 0 Å². The fourth-order valence-corrected chi connectivity index (χ4v) is 5.23. The molecule has 32 heavy (non-hydrogen) atoms. The number of carbonyl (C=O) groups is 1. The third-order valence-electron chi connectivity index (χ3n) is 5.07. The lowest BCUT2D eigenvalue weighted by Crippen LogP contribution is -2.30. The predicted octanol–water partition coefficient (Wildman–Crippen LogP) is 4.70. The molecule has 0 aliphatic carbocycles. The first-order chi connectivity index (χ1) is 15.3. The van der Waals surface area contributed by atoms with Gasteiger partial charge >= 0.3 is 0 Å². The Morgan fingerprint density at radius 1 is 0.969 bits per heavy atom. The van der Waals surface area contributed by atoms with Crippen LogP contribution in [0.25, 0.3) is 10.2 Å². The molecule has 6 nitrogen and oxygen atoms in total. The molecule has 164 valence electrons. The van der Waals surface area contributed by atoms with Gasteiger partial charge in [0.1, 0.15) is 0 Å². The Balaban J connectivity index is 1.73. The molecule has 4 rings (SSSR count). The topological polar surface area (TPSA) is 70.6 Å². The fraction of sp³-hybridized carbons (Fsp3) is 0.167. The van der Waals surface area contributed by atoms with Gasteiger partial charge in [-0.1, -0.05) is 47.7 Å². The van der Waals surface area contributed by atoms with Crippen LogP contribution in [0.15, 0.2) is 77.7 Å². The van der Waals surface area contributed by atoms with Crippen LogP contribution in [0.3, 0.4) is 0 Å². The van der Waals surface area contributed by atoms with E-state index in [1.165, 1.54) is 37.6 Å². The molecule has 0 radical (unpaired) electrons. The van der Waals surface area contributed by atoms with Crippen LogP contribution in [0.5, 0.6) is 0 Å². The highest BCUT2D eigenvalue weighted by Crippen LogP contribution is 2.31. The van der Waals surface area contributed by atoms with Crippen molar-refractivity contribution in [1.29, 1.82) is 0 Å². The highest BCUT2D eigenvalue weighted by atomic mass is 32.2. The minimum Gasteiger partial charge on any atom is -0.279 e. The Bertz CT molecular complexity index is 1360. The van der Waals surface area contributed by atoms with Crippen molar-refractivity contribution < 1.29 is 13.2 Å². The number of hydrogen-bond acceptors (Lipinski definition) is 5. The molecule has 0 saturated carbocycles. The van der Waals surface area contributed by atoms with Crippen LogP contribution < -0.4 is 4.90 Å². The zero-order chi connectivity index (χ0) is 22.9. The maximum atomic E-state index is 13.5. The second kappa shape index (κ2) is 8.82. The Kier molecular flexibility index (Phi) is 6.10. The smallest absolute Gasteiger partial charge is 0.260 e. The molecular formula is C24H23N3O3S2. The number of rotatable bonds is 6. The molecule has 4 aromatic rings. The summed E-state index contributed by atoms with van der Waals surface area (Å²) < 4.78 is 26.9. The number of nitrogens with zero attached hydrogens (tertiary/aromatic N) is 3. The van der Waals surface area contributed by atoms with Crippen LogP contribution in [-0.2, 0) is 16.6 Å². The number of aromatic nitrogens is 1. The molecule has 0 fully saturated rings. The monoisotopic (exact) mass is 465 g/mol. The van der Waals surface area contributed by atoms with Gasteiger partial charge in [0.15, 0.2) is 5.13 Å². The molecule has 0 aliphatic heterocycles. The molecule has 1 amide bonds. The number of aryl methyl sites for hydroxylation is 1. The summed E-state index contributed by atoms with van der Waals surface area (Å²) in [5, 5.41) is 0.601. The summed E-state index contributed by atoms with van der Waals surface area (Å²) in [5.41, 5.74) is 3.34. The molecule has 1 heterocycles. The lowest BCUT2D eigenvalue weighted by Gasteiger charge is -2.20. The van der Waals surface area contributed by atoms with E-state index < -0.39 is 10.0 Å². The average molecular weight is 466 g/mol. The van der Waals surface area contributed by atoms with E-state index in [1.807, 2.05) is 49.4 Å². The summed E-state index contributed by atoms with van der Waals surface area (Å²) in [6.07, 6.45) is 0. The van der Waals surface area contributed by atoms with Gasteiger partial charge in [0.05, 0.1) is 21.7 Å². The number of carbonyl (C=O) groups excluding carboxylic acids is 1. The van der Waals surface area contributed by atoms with Crippen LogP contribution in [-0.4, -0.2) is 37.7 Å². The fourth-order valence-electron chi connectivity index (χ4n) is 3.26. The second-order valence-electron chi connectivity index (χ2n) is 7.66. The van der Waals surface area contributed by atoms with Gasteiger partial charge in [-0.3, -0.25) is 9.69 Å². The maximum absolute atomic E-state index is 13.5. The van der Waals surface area contributed by atoms with Crippen molar-refractivity contribution in [2.24, 2.45) is 0 Å². The Labute approximate surface area is 191 Å². The molecule has 1 aromatic heterocycles. The minimum atomic E-state index is -3.56. The standard InChI is InChI=1S/C24H23N3O3S2/c1-17-9-14-21-22(15-17)31-24(25-21)27(16-18-7-5-4-6-8-18)23(28)19-10-12-20(13-11-19)32(29,30)26(2)3/h4-15H,16H2,1-3H3. The van der Waals surface area contributed by atoms with Crippen LogP contribution >= 0.6 is 11.3 Å². The molecule has 0 spiro atoms. The van der Waals surface area contributed by atoms with E-state index in [0.29, 0.717) is 17.2 Å². The van der Waals surface area contributed by atoms with E-state index in [4.69, 9.17) is 4.98 Å². The van der Waals surface area contributed by atoms with Gasteiger partial charge in [0.25, 0.3) is 5.91 Å². The van der Waals surface area contributed by atoms with Crippen molar-refractivity contribution in [3.05, 3.63) is 89.5 Å². The Morgan fingerprint density at radius 2 is 1.66 bits per heavy atom. The highest BCUT2D eigenvalue weighted by molar-refractivity contribution is 7.89. The SMILES string of the molecule is Cc1ccc2nc(N(Cc3ccccc3)C(=O)c3ccc(S(=O)(=O)N(C)C)cc3)sc2c1. The van der Waals surface area contributed by atoms with Crippen molar-refractivity contribution in [3.63, 3.8) is 0 Å². The number of hydrogen-bond donors (Lipinski definition) is 0. The third-order valence-corrected chi connectivity index (χ3v) is 7.94. The number of anilines is 1. The summed E-state index contributed by atoms with van der Waals surface area (Å²) >= 11 is 1.46. The van der Waals surface area contributed by atoms with E-state index in [2.05, 4.69) is 6.07 Å². The van der Waals surface area contributed by atoms with Crippen molar-refractivity contribution in [2.45, 2.75) is 18.4 Å². The molecule has 0 saturated heterocycles. The molecule has 0 bridgehead atoms. The number of amides is 1. The van der Waals surface area contributed by atoms with E-state index in [1.54, 1.807) is 17.0 Å². The molecule has 0 unspecified atom stereocenters. The molecule has 0 N–H and O–H groups in total. The summed E-state index contributed by atoms with van der Waals surface area (Å²) in [6, 6.07) is 21.8. The van der Waals surface area contributed by atoms with Crippen LogP contribution in [0, 0.1) is 6.92 Å². The predicted molar refractivity (Wildman–Crippen MR) is 129 cm³/mol. The number of thiazole rings is 1. The van der Waals surface area contributed by atoms with Gasteiger partial charge in [-0.25, -0.2) is 17.7 Å². The number of fused-ring (bicyclic) bond motifs is 1. The number of benzene rings is 3. The van der Waals surface area contributed by atoms with E-state index in [0.717, 1.165) is 25.6 Å². The van der Waals surface area contributed by atoms with Crippen molar-refractivity contribution in [3.8, 4) is 0 Å². The van der Waals surface area contributed by atoms with Crippen LogP contribution in [0.1, 0.15) is 21.5 Å². The lowest BCUT2D eigenvalue weighted by molar-refractivity contribution is 0.0985. The zero-order valence-electron chi connectivity index (χ0n) is 18.0. The quantitative estimate of drug-likeness (QED) is 0.414. The average Bonchev–Trinajstić information content (AvgIpc) is 3.20. The molecule has 8 heteroatoms. The first kappa shape index (κ1) is 22.1. The molecule has 0 aliphatic rings. The number of sulfonamides is 1. The van der Waals surface area contributed by atoms with Gasteiger partial charge in [-0.15, -0.1) is 0 Å². The highest BCUT2D eigenvalue weighted by Gasteiger charge is 2.23. The summed E-state index contributed by atoms with van der Waals surface area (Å²) in [5.74, 6) is -0.238. The second-order valence-corrected chi connectivity index (χ2v) is 10.8. The summed E-state index contributed by atoms with van der Waals surface area (Å²) in [4.78, 5) is 20.0. The van der Waals surface area contributed by atoms with E-state index in [9.17, 15) is 13.2 Å². The minimum absolute atomic E-state index is 0.143. The molecule has 0 atom stereocenters. The summed E-state index contributed by atoms with van der Waals surface area (Å²) in [6.45, 7) is 2.38. The van der Waals surface area contributed by atoms with Gasteiger partial charge in [0, 0.05) is 19.7 Å². The van der Waals surface area contributed by atoms with Gasteiger partial charge in [-0.05, 0) is 54.4 Å². The van der Waals surface area contributed by atoms with Crippen molar-refractivity contribution in [1.82, 2.24) is 9.29 Å². The first-order valence-corrected chi connectivity index (χ1v) is 12.3. The first-order valence-electron chi connectivity index (χ1n) is 10.0. The van der Waals surface area contributed by atoms with Crippen molar-refractivity contribution >= 4 is 42.6 Å². The zero-order valence-corrected chi connectivity index (χ0v) is 19.7. The van der Waals surface area contributed by atoms with Crippen molar-refractivity contribution in [2.75, 3.05) is 19.0 Å². The van der Waals surface area contributed by atoms with Crippen LogP contribution in [0.4, 0.5) is 5.13 Å².